The molecule has 10 heteroatoms. The summed E-state index contributed by atoms with van der Waals surface area (Å²) in [7, 11) is 0. The zero-order valence-electron chi connectivity index (χ0n) is 18.4. The Labute approximate surface area is 213 Å². The van der Waals surface area contributed by atoms with E-state index in [0.29, 0.717) is 58.5 Å². The van der Waals surface area contributed by atoms with Crippen molar-refractivity contribution < 1.29 is 14.4 Å². The Kier molecular flexibility index (Phi) is 9.65. The number of nitro benzene ring substituents is 1. The maximum absolute atomic E-state index is 10.8. The second kappa shape index (κ2) is 12.7. The molecular weight excluding hydrogens is 501 g/mol. The van der Waals surface area contributed by atoms with Crippen molar-refractivity contribution in [2.75, 3.05) is 25.0 Å². The first kappa shape index (κ1) is 25.9. The van der Waals surface area contributed by atoms with Gasteiger partial charge < -0.3 is 20.1 Å². The molecule has 0 aliphatic rings. The van der Waals surface area contributed by atoms with Gasteiger partial charge >= 0.3 is 0 Å². The van der Waals surface area contributed by atoms with Crippen molar-refractivity contribution in [3.8, 4) is 11.5 Å². The summed E-state index contributed by atoms with van der Waals surface area (Å²) in [6, 6.07) is 15.4. The fourth-order valence-corrected chi connectivity index (χ4v) is 3.90. The molecule has 3 aromatic rings. The summed E-state index contributed by atoms with van der Waals surface area (Å²) in [5, 5.41) is 18.8. The number of para-hydroxylation sites is 1. The second-order valence-corrected chi connectivity index (χ2v) is 8.48. The zero-order valence-corrected chi connectivity index (χ0v) is 20.7. The maximum atomic E-state index is 10.8. The van der Waals surface area contributed by atoms with Crippen molar-refractivity contribution in [3.05, 3.63) is 90.9 Å². The van der Waals surface area contributed by atoms with Crippen molar-refractivity contribution in [2.24, 2.45) is 0 Å². The topological polar surface area (TPSA) is 85.7 Å². The lowest BCUT2D eigenvalue weighted by atomic mass is 10.1. The van der Waals surface area contributed by atoms with Crippen molar-refractivity contribution >= 4 is 46.2 Å². The highest BCUT2D eigenvalue weighted by Gasteiger charge is 2.13. The van der Waals surface area contributed by atoms with Gasteiger partial charge in [0.25, 0.3) is 5.69 Å². The molecule has 0 atom stereocenters. The quantitative estimate of drug-likeness (QED) is 0.155. The number of hydrogen-bond acceptors (Lipinski definition) is 6. The van der Waals surface area contributed by atoms with Crippen molar-refractivity contribution in [1.82, 2.24) is 5.32 Å². The monoisotopic (exact) mass is 523 g/mol. The highest BCUT2D eigenvalue weighted by Crippen LogP contribution is 2.33. The molecule has 0 unspecified atom stereocenters. The fraction of sp³-hybridized carbons (Fsp3) is 0.250. The van der Waals surface area contributed by atoms with E-state index in [1.165, 1.54) is 12.1 Å². The molecule has 0 radical (unpaired) electrons. The van der Waals surface area contributed by atoms with E-state index in [-0.39, 0.29) is 12.3 Å². The predicted molar refractivity (Wildman–Crippen MR) is 137 cm³/mol. The number of benzene rings is 3. The number of non-ortho nitro benzene ring substituents is 1. The standard InChI is InChI=1S/C24H24Cl3N3O4/c1-2-33-23-5-3-4-16(24(23)34-15-17-6-7-18(25)12-20(17)26)14-28-10-11-29-22-9-8-19(30(31)32)13-21(22)27/h3-9,12-13,28-29H,2,10-11,14-15H2,1H3. The maximum Gasteiger partial charge on any atom is 0.271 e. The third kappa shape index (κ3) is 7.14. The molecule has 0 fully saturated rings. The molecule has 180 valence electrons. The molecular formula is C24H24Cl3N3O4. The predicted octanol–water partition coefficient (Wildman–Crippen LogP) is 6.73. The Balaban J connectivity index is 1.59. The van der Waals surface area contributed by atoms with Gasteiger partial charge in [-0.2, -0.15) is 0 Å². The number of hydrogen-bond donors (Lipinski definition) is 2. The van der Waals surface area contributed by atoms with E-state index in [0.717, 1.165) is 11.1 Å². The summed E-state index contributed by atoms with van der Waals surface area (Å²) in [5.41, 5.74) is 2.34. The Morgan fingerprint density at radius 3 is 2.47 bits per heavy atom. The molecule has 7 nitrogen and oxygen atoms in total. The van der Waals surface area contributed by atoms with E-state index in [1.807, 2.05) is 31.2 Å². The minimum absolute atomic E-state index is 0.0460. The molecule has 2 N–H and O–H groups in total. The minimum Gasteiger partial charge on any atom is -0.490 e. The number of rotatable bonds is 12. The van der Waals surface area contributed by atoms with E-state index < -0.39 is 4.92 Å². The lowest BCUT2D eigenvalue weighted by Gasteiger charge is -2.17. The van der Waals surface area contributed by atoms with Crippen LogP contribution in [0.25, 0.3) is 0 Å². The summed E-state index contributed by atoms with van der Waals surface area (Å²) in [4.78, 5) is 10.4. The first-order valence-corrected chi connectivity index (χ1v) is 11.7. The van der Waals surface area contributed by atoms with Gasteiger partial charge in [-0.1, -0.05) is 53.0 Å². The number of ether oxygens (including phenoxy) is 2. The number of nitro groups is 1. The van der Waals surface area contributed by atoms with Crippen LogP contribution in [0.15, 0.2) is 54.6 Å². The Bertz CT molecular complexity index is 1140. The van der Waals surface area contributed by atoms with Crippen LogP contribution in [0, 0.1) is 10.1 Å². The van der Waals surface area contributed by atoms with Crippen LogP contribution in [0.4, 0.5) is 11.4 Å². The van der Waals surface area contributed by atoms with Crippen LogP contribution in [0.1, 0.15) is 18.1 Å². The molecule has 0 aliphatic heterocycles. The van der Waals surface area contributed by atoms with Gasteiger partial charge in [-0.25, -0.2) is 0 Å². The first-order valence-electron chi connectivity index (χ1n) is 10.6. The molecule has 0 amide bonds. The Hall–Kier alpha value is -2.71. The van der Waals surface area contributed by atoms with Gasteiger partial charge in [-0.15, -0.1) is 0 Å². The van der Waals surface area contributed by atoms with Crippen LogP contribution in [0.2, 0.25) is 15.1 Å². The molecule has 0 aromatic heterocycles. The second-order valence-electron chi connectivity index (χ2n) is 7.23. The number of halogens is 3. The lowest BCUT2D eigenvalue weighted by Crippen LogP contribution is -2.22. The summed E-state index contributed by atoms with van der Waals surface area (Å²) >= 11 is 18.4. The molecule has 0 heterocycles. The summed E-state index contributed by atoms with van der Waals surface area (Å²) in [6.07, 6.45) is 0. The van der Waals surface area contributed by atoms with Crippen LogP contribution in [0.5, 0.6) is 11.5 Å². The van der Waals surface area contributed by atoms with Crippen LogP contribution in [-0.4, -0.2) is 24.6 Å². The molecule has 0 aliphatic carbocycles. The van der Waals surface area contributed by atoms with Gasteiger partial charge in [-0.05, 0) is 31.2 Å². The van der Waals surface area contributed by atoms with Gasteiger partial charge in [0.05, 0.1) is 22.2 Å². The van der Waals surface area contributed by atoms with Crippen LogP contribution in [-0.2, 0) is 13.2 Å². The highest BCUT2D eigenvalue weighted by atomic mass is 35.5. The third-order valence-electron chi connectivity index (χ3n) is 4.84. The van der Waals surface area contributed by atoms with Gasteiger partial charge in [0.1, 0.15) is 6.61 Å². The molecule has 0 saturated carbocycles. The molecule has 34 heavy (non-hydrogen) atoms. The summed E-state index contributed by atoms with van der Waals surface area (Å²) in [5.74, 6) is 1.30. The molecule has 0 bridgehead atoms. The average Bonchev–Trinajstić information content (AvgIpc) is 2.80. The molecule has 0 saturated heterocycles. The van der Waals surface area contributed by atoms with Gasteiger partial charge in [0, 0.05) is 52.9 Å². The third-order valence-corrected chi connectivity index (χ3v) is 5.74. The summed E-state index contributed by atoms with van der Waals surface area (Å²) < 4.78 is 11.9. The van der Waals surface area contributed by atoms with Crippen LogP contribution in [0.3, 0.4) is 0 Å². The number of nitrogens with one attached hydrogen (secondary N) is 2. The van der Waals surface area contributed by atoms with E-state index in [2.05, 4.69) is 10.6 Å². The largest absolute Gasteiger partial charge is 0.490 e. The molecule has 3 rings (SSSR count). The van der Waals surface area contributed by atoms with Gasteiger partial charge in [-0.3, -0.25) is 10.1 Å². The number of anilines is 1. The van der Waals surface area contributed by atoms with Crippen molar-refractivity contribution in [3.63, 3.8) is 0 Å². The zero-order chi connectivity index (χ0) is 24.5. The van der Waals surface area contributed by atoms with Crippen molar-refractivity contribution in [2.45, 2.75) is 20.1 Å². The Morgan fingerprint density at radius 2 is 1.76 bits per heavy atom. The summed E-state index contributed by atoms with van der Waals surface area (Å²) in [6.45, 7) is 4.43. The normalized spacial score (nSPS) is 10.7. The smallest absolute Gasteiger partial charge is 0.271 e. The first-order chi connectivity index (χ1) is 16.4. The van der Waals surface area contributed by atoms with Crippen LogP contribution >= 0.6 is 34.8 Å². The Morgan fingerprint density at radius 1 is 0.941 bits per heavy atom. The van der Waals surface area contributed by atoms with E-state index >= 15 is 0 Å². The van der Waals surface area contributed by atoms with Gasteiger partial charge in [0.15, 0.2) is 11.5 Å². The van der Waals surface area contributed by atoms with Gasteiger partial charge in [0.2, 0.25) is 0 Å². The van der Waals surface area contributed by atoms with Crippen LogP contribution < -0.4 is 20.1 Å². The van der Waals surface area contributed by atoms with E-state index in [1.54, 1.807) is 18.2 Å². The SMILES string of the molecule is CCOc1cccc(CNCCNc2ccc([N+](=O)[O-])cc2Cl)c1OCc1ccc(Cl)cc1Cl. The van der Waals surface area contributed by atoms with Crippen molar-refractivity contribution in [1.29, 1.82) is 0 Å². The number of nitrogens with zero attached hydrogens (tertiary/aromatic N) is 1. The average molecular weight is 525 g/mol. The molecule has 3 aromatic carbocycles. The van der Waals surface area contributed by atoms with E-state index in [9.17, 15) is 10.1 Å². The fourth-order valence-electron chi connectivity index (χ4n) is 3.19. The minimum atomic E-state index is -0.478. The molecule has 0 spiro atoms. The van der Waals surface area contributed by atoms with E-state index in [4.69, 9.17) is 44.3 Å². The highest BCUT2D eigenvalue weighted by molar-refractivity contribution is 6.35. The lowest BCUT2D eigenvalue weighted by molar-refractivity contribution is -0.384.